The van der Waals surface area contributed by atoms with Gasteiger partial charge in [-0.25, -0.2) is 0 Å². The van der Waals surface area contributed by atoms with E-state index >= 15 is 0 Å². The van der Waals surface area contributed by atoms with Crippen molar-refractivity contribution in [1.82, 2.24) is 15.5 Å². The normalized spacial score (nSPS) is 14.6. The minimum absolute atomic E-state index is 0. The minimum atomic E-state index is 0. The summed E-state index contributed by atoms with van der Waals surface area (Å²) in [6, 6.07) is 0. The summed E-state index contributed by atoms with van der Waals surface area (Å²) < 4.78 is 0. The van der Waals surface area contributed by atoms with Crippen molar-refractivity contribution in [2.24, 2.45) is 0 Å². The number of nitrogens with one attached hydrogen (secondary N) is 2. The highest BCUT2D eigenvalue weighted by Crippen LogP contribution is 2.11. The van der Waals surface area contributed by atoms with Gasteiger partial charge in [-0.3, -0.25) is 9.59 Å². The molecule has 118 valence electrons. The second-order valence-corrected chi connectivity index (χ2v) is 5.62. The molecule has 7 heteroatoms. The predicted octanol–water partition coefficient (Wildman–Crippen LogP) is 0.880. The van der Waals surface area contributed by atoms with Gasteiger partial charge in [0, 0.05) is 26.2 Å². The molecule has 2 amide bonds. The van der Waals surface area contributed by atoms with Crippen LogP contribution >= 0.6 is 24.2 Å². The predicted molar refractivity (Wildman–Crippen MR) is 86.6 cm³/mol. The van der Waals surface area contributed by atoms with Crippen molar-refractivity contribution in [3.05, 3.63) is 0 Å². The second kappa shape index (κ2) is 12.3. The average Bonchev–Trinajstić information content (AvgIpc) is 2.44. The molecule has 0 unspecified atom stereocenters. The van der Waals surface area contributed by atoms with Gasteiger partial charge in [-0.2, -0.15) is 0 Å². The minimum Gasteiger partial charge on any atom is -0.354 e. The molecule has 0 aliphatic carbocycles. The van der Waals surface area contributed by atoms with Gasteiger partial charge in [0.25, 0.3) is 0 Å². The number of hydrogen-bond donors (Lipinski definition) is 2. The van der Waals surface area contributed by atoms with Crippen LogP contribution in [0.15, 0.2) is 0 Å². The lowest BCUT2D eigenvalue weighted by atomic mass is 10.1. The molecule has 0 spiro atoms. The van der Waals surface area contributed by atoms with Crippen LogP contribution in [0.2, 0.25) is 0 Å². The van der Waals surface area contributed by atoms with Crippen molar-refractivity contribution in [2.45, 2.75) is 26.2 Å². The van der Waals surface area contributed by atoms with E-state index in [2.05, 4.69) is 10.6 Å². The summed E-state index contributed by atoms with van der Waals surface area (Å²) in [7, 11) is 0. The summed E-state index contributed by atoms with van der Waals surface area (Å²) in [5, 5.41) is 5.96. The quantitative estimate of drug-likeness (QED) is 0.651. The zero-order valence-electron chi connectivity index (χ0n) is 12.2. The molecule has 5 nitrogen and oxygen atoms in total. The summed E-state index contributed by atoms with van der Waals surface area (Å²) >= 11 is 1.40. The van der Waals surface area contributed by atoms with Crippen molar-refractivity contribution in [3.63, 3.8) is 0 Å². The summed E-state index contributed by atoms with van der Waals surface area (Å²) in [6.07, 6.45) is 3.45. The van der Waals surface area contributed by atoms with E-state index < -0.39 is 0 Å². The number of carbonyl (C=O) groups excluding carboxylic acids is 2. The third-order valence-electron chi connectivity index (χ3n) is 3.04. The first kappa shape index (κ1) is 19.5. The van der Waals surface area contributed by atoms with Gasteiger partial charge in [0.2, 0.25) is 11.8 Å². The fraction of sp³-hybridized carbons (Fsp3) is 0.846. The van der Waals surface area contributed by atoms with Crippen LogP contribution in [0.3, 0.4) is 0 Å². The standard InChI is InChI=1S/C13H25N3O2S.ClH/c1-2-14-6-7-15-12(17)10-19-11-13(18)16-8-4-3-5-9-16;/h14H,2-11H2,1H3,(H,15,17);1H. The van der Waals surface area contributed by atoms with Crippen LogP contribution < -0.4 is 10.6 Å². The molecule has 0 radical (unpaired) electrons. The summed E-state index contributed by atoms with van der Waals surface area (Å²) in [6.45, 7) is 6.15. The molecule has 0 saturated carbocycles. The Kier molecular flexibility index (Phi) is 12.0. The van der Waals surface area contributed by atoms with Gasteiger partial charge in [0.1, 0.15) is 0 Å². The Bertz CT molecular complexity index is 287. The SMILES string of the molecule is CCNCCNC(=O)CSCC(=O)N1CCCCC1.Cl. The lowest BCUT2D eigenvalue weighted by molar-refractivity contribution is -0.129. The number of carbonyl (C=O) groups is 2. The van der Waals surface area contributed by atoms with E-state index in [9.17, 15) is 9.59 Å². The number of nitrogens with zero attached hydrogens (tertiary/aromatic N) is 1. The second-order valence-electron chi connectivity index (χ2n) is 4.64. The monoisotopic (exact) mass is 323 g/mol. The molecule has 2 N–H and O–H groups in total. The number of piperidine rings is 1. The first-order valence-electron chi connectivity index (χ1n) is 7.07. The number of halogens is 1. The third-order valence-corrected chi connectivity index (χ3v) is 3.96. The average molecular weight is 324 g/mol. The summed E-state index contributed by atoms with van der Waals surface area (Å²) in [4.78, 5) is 25.2. The lowest BCUT2D eigenvalue weighted by Crippen LogP contribution is -2.37. The van der Waals surface area contributed by atoms with Crippen LogP contribution in [0, 0.1) is 0 Å². The number of thioether (sulfide) groups is 1. The first-order valence-corrected chi connectivity index (χ1v) is 8.22. The van der Waals surface area contributed by atoms with Crippen LogP contribution in [-0.4, -0.2) is 60.9 Å². The number of amides is 2. The highest BCUT2D eigenvalue weighted by Gasteiger charge is 2.16. The molecule has 1 fully saturated rings. The fourth-order valence-electron chi connectivity index (χ4n) is 1.98. The first-order chi connectivity index (χ1) is 9.24. The Hall–Kier alpha value is -0.460. The van der Waals surface area contributed by atoms with Crippen molar-refractivity contribution in [3.8, 4) is 0 Å². The van der Waals surface area contributed by atoms with Crippen molar-refractivity contribution in [1.29, 1.82) is 0 Å². The highest BCUT2D eigenvalue weighted by molar-refractivity contribution is 8.00. The lowest BCUT2D eigenvalue weighted by Gasteiger charge is -2.26. The van der Waals surface area contributed by atoms with E-state index in [1.807, 2.05) is 11.8 Å². The van der Waals surface area contributed by atoms with Crippen LogP contribution in [0.25, 0.3) is 0 Å². The maximum absolute atomic E-state index is 11.8. The Morgan fingerprint density at radius 1 is 1.10 bits per heavy atom. The van der Waals surface area contributed by atoms with E-state index in [-0.39, 0.29) is 24.2 Å². The van der Waals surface area contributed by atoms with E-state index in [0.717, 1.165) is 39.0 Å². The zero-order chi connectivity index (χ0) is 13.9. The molecule has 1 rings (SSSR count). The maximum Gasteiger partial charge on any atom is 0.232 e. The van der Waals surface area contributed by atoms with Gasteiger partial charge in [-0.05, 0) is 25.8 Å². The van der Waals surface area contributed by atoms with Gasteiger partial charge >= 0.3 is 0 Å². The van der Waals surface area contributed by atoms with Crippen LogP contribution in [0.4, 0.5) is 0 Å². The largest absolute Gasteiger partial charge is 0.354 e. The van der Waals surface area contributed by atoms with Gasteiger partial charge in [0.15, 0.2) is 0 Å². The number of rotatable bonds is 8. The van der Waals surface area contributed by atoms with E-state index in [4.69, 9.17) is 0 Å². The van der Waals surface area contributed by atoms with Gasteiger partial charge in [-0.15, -0.1) is 24.2 Å². The number of likely N-dealkylation sites (N-methyl/N-ethyl adjacent to an activating group) is 1. The maximum atomic E-state index is 11.8. The Morgan fingerprint density at radius 2 is 1.80 bits per heavy atom. The number of likely N-dealkylation sites (tertiary alicyclic amines) is 1. The molecule has 1 aliphatic rings. The molecule has 1 aliphatic heterocycles. The van der Waals surface area contributed by atoms with E-state index in [1.165, 1.54) is 18.2 Å². The topological polar surface area (TPSA) is 61.4 Å². The molecule has 1 heterocycles. The molecular weight excluding hydrogens is 298 g/mol. The summed E-state index contributed by atoms with van der Waals surface area (Å²) in [5.74, 6) is 0.964. The van der Waals surface area contributed by atoms with Crippen LogP contribution in [0.5, 0.6) is 0 Å². The number of hydrogen-bond acceptors (Lipinski definition) is 4. The Morgan fingerprint density at radius 3 is 2.45 bits per heavy atom. The van der Waals surface area contributed by atoms with Crippen LogP contribution in [0.1, 0.15) is 26.2 Å². The Labute approximate surface area is 132 Å². The van der Waals surface area contributed by atoms with Crippen molar-refractivity contribution in [2.75, 3.05) is 44.2 Å². The molecule has 0 aromatic carbocycles. The van der Waals surface area contributed by atoms with Gasteiger partial charge in [0.05, 0.1) is 11.5 Å². The van der Waals surface area contributed by atoms with Crippen molar-refractivity contribution < 1.29 is 9.59 Å². The molecule has 0 bridgehead atoms. The smallest absolute Gasteiger partial charge is 0.232 e. The summed E-state index contributed by atoms with van der Waals surface area (Å²) in [5.41, 5.74) is 0. The van der Waals surface area contributed by atoms with E-state index in [1.54, 1.807) is 0 Å². The third kappa shape index (κ3) is 8.66. The Balaban J connectivity index is 0.00000361. The van der Waals surface area contributed by atoms with Gasteiger partial charge in [-0.1, -0.05) is 6.92 Å². The van der Waals surface area contributed by atoms with Crippen LogP contribution in [-0.2, 0) is 9.59 Å². The highest BCUT2D eigenvalue weighted by atomic mass is 35.5. The molecule has 0 atom stereocenters. The fourth-order valence-corrected chi connectivity index (χ4v) is 2.73. The van der Waals surface area contributed by atoms with E-state index in [0.29, 0.717) is 18.1 Å². The molecule has 0 aromatic heterocycles. The molecule has 0 aromatic rings. The zero-order valence-corrected chi connectivity index (χ0v) is 13.8. The van der Waals surface area contributed by atoms with Crippen molar-refractivity contribution >= 4 is 36.0 Å². The molecule has 1 saturated heterocycles. The molecular formula is C13H26ClN3O2S. The van der Waals surface area contributed by atoms with Gasteiger partial charge < -0.3 is 15.5 Å². The molecule has 20 heavy (non-hydrogen) atoms.